The molecule has 4 aliphatic rings. The molecule has 4 aromatic rings. The van der Waals surface area contributed by atoms with Crippen LogP contribution in [0.25, 0.3) is 0 Å². The van der Waals surface area contributed by atoms with Crippen LogP contribution in [0.1, 0.15) is 160 Å². The third-order valence-electron chi connectivity index (χ3n) is 15.8. The second-order valence-corrected chi connectivity index (χ2v) is 20.6. The maximum absolute atomic E-state index is 13.5. The van der Waals surface area contributed by atoms with Crippen molar-refractivity contribution < 1.29 is 108 Å². The summed E-state index contributed by atoms with van der Waals surface area (Å²) >= 11 is 0. The zero-order chi connectivity index (χ0) is 51.4. The SMILES string of the molecule is C[C@](O)(c1ccc(C(=O)N(C2CC2)C2CCC(CCC#N)(c3ccccc3)CC2)cc1)C(F)(F)F.C[C@](O)(c1ccc(C(=O)N(C2CC2)C2CCC(CCC(N)=O)(c3ccccc3)CC2)cc1)C(F)(F)F.[K+].[OH-]. The van der Waals surface area contributed by atoms with E-state index in [2.05, 4.69) is 30.3 Å². The molecule has 4 saturated carbocycles. The van der Waals surface area contributed by atoms with Crippen LogP contribution in [-0.2, 0) is 26.8 Å². The summed E-state index contributed by atoms with van der Waals surface area (Å²) in [5, 5.41) is 29.1. The van der Waals surface area contributed by atoms with Crippen molar-refractivity contribution in [3.63, 3.8) is 0 Å². The van der Waals surface area contributed by atoms with Gasteiger partial charge in [-0.1, -0.05) is 84.9 Å². The molecule has 3 amide bonds. The Morgan fingerprint density at radius 1 is 0.575 bits per heavy atom. The van der Waals surface area contributed by atoms with Gasteiger partial charge in [0.2, 0.25) is 5.91 Å². The molecule has 0 aromatic heterocycles. The molecular formula is C56H65F6KN4O6. The molecule has 0 saturated heterocycles. The molecule has 0 aliphatic heterocycles. The summed E-state index contributed by atoms with van der Waals surface area (Å²) in [6.45, 7) is 1.42. The van der Waals surface area contributed by atoms with Crippen LogP contribution >= 0.6 is 0 Å². The third-order valence-corrected chi connectivity index (χ3v) is 15.8. The van der Waals surface area contributed by atoms with E-state index in [9.17, 15) is 56.2 Å². The number of nitrogens with zero attached hydrogens (tertiary/aromatic N) is 3. The Labute approximate surface area is 466 Å². The van der Waals surface area contributed by atoms with Crippen LogP contribution in [-0.4, -0.2) is 79.7 Å². The van der Waals surface area contributed by atoms with Gasteiger partial charge in [-0.25, -0.2) is 0 Å². The van der Waals surface area contributed by atoms with E-state index in [1.807, 2.05) is 46.2 Å². The van der Waals surface area contributed by atoms with Crippen molar-refractivity contribution in [1.29, 1.82) is 5.26 Å². The van der Waals surface area contributed by atoms with Gasteiger partial charge in [0, 0.05) is 48.1 Å². The summed E-state index contributed by atoms with van der Waals surface area (Å²) in [4.78, 5) is 42.4. The van der Waals surface area contributed by atoms with E-state index in [0.717, 1.165) is 83.5 Å². The quantitative estimate of drug-likeness (QED) is 0.0793. The minimum absolute atomic E-state index is 0. The van der Waals surface area contributed by atoms with Crippen LogP contribution in [0, 0.1) is 11.3 Å². The molecule has 0 radical (unpaired) electrons. The number of nitriles is 1. The van der Waals surface area contributed by atoms with Crippen LogP contribution < -0.4 is 57.1 Å². The predicted molar refractivity (Wildman–Crippen MR) is 258 cm³/mol. The molecule has 10 nitrogen and oxygen atoms in total. The largest absolute Gasteiger partial charge is 1.00 e. The van der Waals surface area contributed by atoms with Gasteiger partial charge >= 0.3 is 63.7 Å². The summed E-state index contributed by atoms with van der Waals surface area (Å²) in [6, 6.07) is 33.3. The number of primary amides is 1. The van der Waals surface area contributed by atoms with Crippen LogP contribution in [0.4, 0.5) is 26.3 Å². The Kier molecular flexibility index (Phi) is 19.9. The average Bonchev–Trinajstić information content (AvgIpc) is 4.31. The smallest absolute Gasteiger partial charge is 0.870 e. The van der Waals surface area contributed by atoms with Gasteiger partial charge in [0.05, 0.1) is 6.07 Å². The molecule has 0 spiro atoms. The summed E-state index contributed by atoms with van der Waals surface area (Å²) < 4.78 is 79.1. The summed E-state index contributed by atoms with van der Waals surface area (Å²) in [6.07, 6.45) is 2.90. The number of halogens is 6. The number of alkyl halides is 6. The van der Waals surface area contributed by atoms with Gasteiger partial charge < -0.3 is 31.2 Å². The Morgan fingerprint density at radius 2 is 0.890 bits per heavy atom. The maximum Gasteiger partial charge on any atom is 1.00 e. The molecule has 4 aromatic carbocycles. The van der Waals surface area contributed by atoms with E-state index in [-0.39, 0.29) is 121 Å². The van der Waals surface area contributed by atoms with Gasteiger partial charge in [0.15, 0.2) is 11.2 Å². The topological polar surface area (TPSA) is 178 Å². The minimum atomic E-state index is -4.82. The number of carbonyl (C=O) groups excluding carboxylic acids is 3. The summed E-state index contributed by atoms with van der Waals surface area (Å²) in [5.41, 5.74) is 1.75. The van der Waals surface area contributed by atoms with Gasteiger partial charge in [-0.05, 0) is 161 Å². The standard InChI is InChI=1S/C28H33F3N2O3.C28H31F3N2O2.K.H2O/c1-26(36,28(29,30)31)20-9-7-19(8-10-20)25(35)33(22-11-12-22)23-13-16-27(17-14-23,18-15-24(32)34)21-5-3-2-4-6-21;1-26(35,28(29,30)31)21-10-8-20(9-11-21)25(34)33(23-12-13-23)24-14-17-27(18-15-24,16-5-19-32)22-6-3-2-4-7-22;;/h2-10,22-23,36H,11-18H2,1H3,(H2,32,34);2-4,6-11,23-24,35H,5,12-18H2,1H3;;1H2/q;;+1;/p-1/t23?,26-,27?;24?,26-,27?;;/m00../s1. The first-order valence-corrected chi connectivity index (χ1v) is 24.7. The maximum atomic E-state index is 13.5. The van der Waals surface area contributed by atoms with Crippen molar-refractivity contribution in [2.75, 3.05) is 0 Å². The molecule has 388 valence electrons. The molecule has 0 unspecified atom stereocenters. The van der Waals surface area contributed by atoms with Crippen molar-refractivity contribution in [1.82, 2.24) is 9.80 Å². The third kappa shape index (κ3) is 13.7. The fraction of sp³-hybridized carbons (Fsp3) is 0.500. The molecule has 2 atom stereocenters. The Bertz CT molecular complexity index is 2500. The number of carbonyl (C=O) groups is 3. The van der Waals surface area contributed by atoms with Crippen molar-refractivity contribution in [2.45, 2.75) is 175 Å². The zero-order valence-corrected chi connectivity index (χ0v) is 44.9. The van der Waals surface area contributed by atoms with Gasteiger partial charge in [-0.2, -0.15) is 31.6 Å². The van der Waals surface area contributed by atoms with Crippen LogP contribution in [0.2, 0.25) is 0 Å². The first-order chi connectivity index (χ1) is 33.5. The molecular weight excluding hydrogens is 978 g/mol. The van der Waals surface area contributed by atoms with Crippen LogP contribution in [0.3, 0.4) is 0 Å². The monoisotopic (exact) mass is 1040 g/mol. The van der Waals surface area contributed by atoms with Crippen LogP contribution in [0.5, 0.6) is 0 Å². The first-order valence-electron chi connectivity index (χ1n) is 24.7. The number of hydrogen-bond donors (Lipinski definition) is 3. The molecule has 4 aliphatic carbocycles. The first kappa shape index (κ1) is 59.7. The number of benzene rings is 4. The fourth-order valence-corrected chi connectivity index (χ4v) is 10.9. The molecule has 73 heavy (non-hydrogen) atoms. The zero-order valence-electron chi connectivity index (χ0n) is 41.8. The van der Waals surface area contributed by atoms with Gasteiger partial charge in [-0.3, -0.25) is 14.4 Å². The summed E-state index contributed by atoms with van der Waals surface area (Å²) in [7, 11) is 0. The molecule has 5 N–H and O–H groups in total. The van der Waals surface area contributed by atoms with Crippen molar-refractivity contribution in [2.24, 2.45) is 5.73 Å². The molecule has 4 fully saturated rings. The van der Waals surface area contributed by atoms with E-state index in [4.69, 9.17) is 5.73 Å². The van der Waals surface area contributed by atoms with Crippen molar-refractivity contribution >= 4 is 17.7 Å². The van der Waals surface area contributed by atoms with E-state index < -0.39 is 23.6 Å². The van der Waals surface area contributed by atoms with Gasteiger partial charge in [0.25, 0.3) is 11.8 Å². The molecule has 0 bridgehead atoms. The molecule has 17 heteroatoms. The van der Waals surface area contributed by atoms with E-state index in [1.165, 1.54) is 59.7 Å². The normalized spacial score (nSPS) is 23.5. The molecule has 8 rings (SSSR count). The van der Waals surface area contributed by atoms with Crippen molar-refractivity contribution in [3.8, 4) is 6.07 Å². The predicted octanol–water partition coefficient (Wildman–Crippen LogP) is 8.28. The fourth-order valence-electron chi connectivity index (χ4n) is 10.9. The van der Waals surface area contributed by atoms with E-state index >= 15 is 0 Å². The number of amides is 3. The Hall–Kier alpha value is -4.12. The van der Waals surface area contributed by atoms with E-state index in [0.29, 0.717) is 44.2 Å². The average molecular weight is 1040 g/mol. The minimum Gasteiger partial charge on any atom is -0.870 e. The molecule has 0 heterocycles. The number of aliphatic hydroxyl groups is 2. The Morgan fingerprint density at radius 3 is 1.18 bits per heavy atom. The second-order valence-electron chi connectivity index (χ2n) is 20.6. The number of rotatable bonds is 15. The summed E-state index contributed by atoms with van der Waals surface area (Å²) in [5.74, 6) is -0.680. The second kappa shape index (κ2) is 24.3. The number of nitrogens with two attached hydrogens (primary N) is 1. The number of hydrogen-bond acceptors (Lipinski definition) is 7. The Balaban J connectivity index is 0.000000264. The van der Waals surface area contributed by atoms with Crippen LogP contribution in [0.15, 0.2) is 109 Å². The van der Waals surface area contributed by atoms with E-state index in [1.54, 1.807) is 0 Å². The van der Waals surface area contributed by atoms with Gasteiger partial charge in [0.1, 0.15) is 0 Å². The van der Waals surface area contributed by atoms with Gasteiger partial charge in [-0.15, -0.1) is 0 Å². The van der Waals surface area contributed by atoms with Crippen molar-refractivity contribution in [3.05, 3.63) is 143 Å².